The van der Waals surface area contributed by atoms with Gasteiger partial charge in [0.05, 0.1) is 17.8 Å². The Labute approximate surface area is 229 Å². The van der Waals surface area contributed by atoms with Gasteiger partial charge in [-0.05, 0) is 61.4 Å². The number of hydrogen-bond donors (Lipinski definition) is 3. The van der Waals surface area contributed by atoms with E-state index in [1.54, 1.807) is 36.5 Å². The minimum Gasteiger partial charge on any atom is -0.457 e. The van der Waals surface area contributed by atoms with Crippen LogP contribution in [0.2, 0.25) is 5.02 Å². The predicted molar refractivity (Wildman–Crippen MR) is 147 cm³/mol. The fourth-order valence-electron chi connectivity index (χ4n) is 4.78. The van der Waals surface area contributed by atoms with Gasteiger partial charge in [-0.3, -0.25) is 14.3 Å². The SMILES string of the molecule is NC(=O)c1cc(N[C@H]2CCCC2=O)nc(-c2ccc(Oc3ccc(Cl)cc3-c3ccnn3C3CNC3)cc2)n1. The van der Waals surface area contributed by atoms with Crippen LogP contribution in [0.4, 0.5) is 5.82 Å². The number of carbonyl (C=O) groups is 2. The maximum absolute atomic E-state index is 12.1. The lowest BCUT2D eigenvalue weighted by Crippen LogP contribution is -2.44. The summed E-state index contributed by atoms with van der Waals surface area (Å²) in [4.78, 5) is 32.9. The van der Waals surface area contributed by atoms with Crippen molar-refractivity contribution in [1.82, 2.24) is 25.1 Å². The van der Waals surface area contributed by atoms with E-state index in [1.807, 2.05) is 22.9 Å². The molecular formula is C28H26ClN7O3. The van der Waals surface area contributed by atoms with Crippen molar-refractivity contribution in [3.8, 4) is 34.1 Å². The molecule has 39 heavy (non-hydrogen) atoms. The zero-order valence-electron chi connectivity index (χ0n) is 20.9. The van der Waals surface area contributed by atoms with Gasteiger partial charge in [0.15, 0.2) is 11.6 Å². The molecule has 1 atom stereocenters. The molecule has 1 amide bonds. The zero-order chi connectivity index (χ0) is 26.9. The van der Waals surface area contributed by atoms with Gasteiger partial charge in [-0.25, -0.2) is 9.97 Å². The summed E-state index contributed by atoms with van der Waals surface area (Å²) in [6.07, 6.45) is 3.86. The molecule has 10 nitrogen and oxygen atoms in total. The van der Waals surface area contributed by atoms with Gasteiger partial charge in [-0.1, -0.05) is 11.6 Å². The van der Waals surface area contributed by atoms with E-state index in [0.717, 1.165) is 37.2 Å². The smallest absolute Gasteiger partial charge is 0.267 e. The lowest BCUT2D eigenvalue weighted by molar-refractivity contribution is -0.118. The van der Waals surface area contributed by atoms with Crippen molar-refractivity contribution in [3.05, 3.63) is 71.5 Å². The van der Waals surface area contributed by atoms with Gasteiger partial charge in [-0.15, -0.1) is 0 Å². The second-order valence-corrected chi connectivity index (χ2v) is 10.1. The van der Waals surface area contributed by atoms with Crippen LogP contribution in [0.25, 0.3) is 22.6 Å². The Balaban J connectivity index is 1.27. The highest BCUT2D eigenvalue weighted by Crippen LogP contribution is 2.37. The molecule has 2 aliphatic rings. The molecular weight excluding hydrogens is 518 g/mol. The Morgan fingerprint density at radius 3 is 2.62 bits per heavy atom. The quantitative estimate of drug-likeness (QED) is 0.300. The number of primary amides is 1. The summed E-state index contributed by atoms with van der Waals surface area (Å²) in [7, 11) is 0. The van der Waals surface area contributed by atoms with Crippen LogP contribution >= 0.6 is 11.6 Å². The topological polar surface area (TPSA) is 137 Å². The van der Waals surface area contributed by atoms with E-state index in [9.17, 15) is 9.59 Å². The summed E-state index contributed by atoms with van der Waals surface area (Å²) in [5, 5.41) is 11.5. The molecule has 4 N–H and O–H groups in total. The molecule has 11 heteroatoms. The number of halogens is 1. The third-order valence-electron chi connectivity index (χ3n) is 6.94. The summed E-state index contributed by atoms with van der Waals surface area (Å²) in [5.74, 6) is 1.40. The van der Waals surface area contributed by atoms with Crippen molar-refractivity contribution in [2.45, 2.75) is 31.3 Å². The van der Waals surface area contributed by atoms with Crippen LogP contribution < -0.4 is 21.1 Å². The summed E-state index contributed by atoms with van der Waals surface area (Å²) < 4.78 is 8.26. The number of amides is 1. The molecule has 1 aliphatic heterocycles. The minimum absolute atomic E-state index is 0.0670. The molecule has 198 valence electrons. The van der Waals surface area contributed by atoms with E-state index in [-0.39, 0.29) is 23.6 Å². The third kappa shape index (κ3) is 5.21. The molecule has 2 aromatic heterocycles. The van der Waals surface area contributed by atoms with Crippen LogP contribution in [0.5, 0.6) is 11.5 Å². The number of anilines is 1. The number of nitrogens with two attached hydrogens (primary N) is 1. The van der Waals surface area contributed by atoms with Gasteiger partial charge in [0, 0.05) is 47.9 Å². The standard InChI is InChI=1S/C28H26ClN7O3/c29-17-6-9-25(20(12-17)23-10-11-32-36(23)18-14-31-15-18)39-19-7-4-16(5-8-19)28-34-22(27(30)38)13-26(35-28)33-21-2-1-3-24(21)37/h4-13,18,21,31H,1-3,14-15H2,(H2,30,38)(H,33,34,35)/t21-/m0/s1. The van der Waals surface area contributed by atoms with Crippen LogP contribution in [-0.4, -0.2) is 50.6 Å². The molecule has 2 aromatic carbocycles. The van der Waals surface area contributed by atoms with Crippen LogP contribution in [0.1, 0.15) is 35.8 Å². The molecule has 4 aromatic rings. The number of rotatable bonds is 8. The van der Waals surface area contributed by atoms with Gasteiger partial charge in [-0.2, -0.15) is 5.10 Å². The van der Waals surface area contributed by atoms with Crippen LogP contribution in [0, 0.1) is 0 Å². The van der Waals surface area contributed by atoms with E-state index < -0.39 is 5.91 Å². The molecule has 0 radical (unpaired) electrons. The predicted octanol–water partition coefficient (Wildman–Crippen LogP) is 4.23. The summed E-state index contributed by atoms with van der Waals surface area (Å²) >= 11 is 6.35. The Bertz CT molecular complexity index is 1550. The first-order chi connectivity index (χ1) is 18.9. The lowest BCUT2D eigenvalue weighted by Gasteiger charge is -2.29. The van der Waals surface area contributed by atoms with Crippen LogP contribution in [0.3, 0.4) is 0 Å². The van der Waals surface area contributed by atoms with Crippen molar-refractivity contribution in [2.24, 2.45) is 5.73 Å². The lowest BCUT2D eigenvalue weighted by atomic mass is 10.1. The monoisotopic (exact) mass is 543 g/mol. The first-order valence-corrected chi connectivity index (χ1v) is 13.1. The highest BCUT2D eigenvalue weighted by molar-refractivity contribution is 6.31. The number of Topliss-reactive ketones (excluding diaryl/α,β-unsaturated/α-hetero) is 1. The number of hydrogen-bond acceptors (Lipinski definition) is 8. The normalized spacial score (nSPS) is 17.2. The Hall–Kier alpha value is -4.28. The molecule has 1 aliphatic carbocycles. The molecule has 2 fully saturated rings. The maximum Gasteiger partial charge on any atom is 0.267 e. The second-order valence-electron chi connectivity index (χ2n) is 9.62. The first kappa shape index (κ1) is 25.0. The number of benzene rings is 2. The van der Waals surface area contributed by atoms with Crippen molar-refractivity contribution in [1.29, 1.82) is 0 Å². The Kier molecular flexibility index (Phi) is 6.72. The number of ketones is 1. The largest absolute Gasteiger partial charge is 0.457 e. The average Bonchev–Trinajstić information content (AvgIpc) is 3.53. The molecule has 1 saturated heterocycles. The Morgan fingerprint density at radius 2 is 1.92 bits per heavy atom. The van der Waals surface area contributed by atoms with Gasteiger partial charge >= 0.3 is 0 Å². The van der Waals surface area contributed by atoms with E-state index in [2.05, 4.69) is 25.7 Å². The van der Waals surface area contributed by atoms with E-state index in [0.29, 0.717) is 40.1 Å². The van der Waals surface area contributed by atoms with Crippen LogP contribution in [0.15, 0.2) is 60.8 Å². The third-order valence-corrected chi connectivity index (χ3v) is 7.17. The van der Waals surface area contributed by atoms with Gasteiger partial charge in [0.1, 0.15) is 23.0 Å². The first-order valence-electron chi connectivity index (χ1n) is 12.8. The molecule has 6 rings (SSSR count). The van der Waals surface area contributed by atoms with Crippen LogP contribution in [-0.2, 0) is 4.79 Å². The fourth-order valence-corrected chi connectivity index (χ4v) is 4.95. The van der Waals surface area contributed by atoms with Crippen molar-refractivity contribution >= 4 is 29.1 Å². The molecule has 0 spiro atoms. The molecule has 0 unspecified atom stereocenters. The van der Waals surface area contributed by atoms with Crippen molar-refractivity contribution in [3.63, 3.8) is 0 Å². The van der Waals surface area contributed by atoms with E-state index in [4.69, 9.17) is 22.1 Å². The maximum atomic E-state index is 12.1. The molecule has 3 heterocycles. The van der Waals surface area contributed by atoms with E-state index >= 15 is 0 Å². The van der Waals surface area contributed by atoms with Gasteiger partial charge < -0.3 is 21.1 Å². The number of aromatic nitrogens is 4. The fraction of sp³-hybridized carbons (Fsp3) is 0.250. The highest BCUT2D eigenvalue weighted by atomic mass is 35.5. The van der Waals surface area contributed by atoms with Crippen molar-refractivity contribution < 1.29 is 14.3 Å². The molecule has 0 bridgehead atoms. The molecule has 1 saturated carbocycles. The van der Waals surface area contributed by atoms with Gasteiger partial charge in [0.25, 0.3) is 5.91 Å². The van der Waals surface area contributed by atoms with Crippen molar-refractivity contribution in [2.75, 3.05) is 18.4 Å². The number of carbonyl (C=O) groups excluding carboxylic acids is 2. The van der Waals surface area contributed by atoms with Gasteiger partial charge in [0.2, 0.25) is 0 Å². The summed E-state index contributed by atoms with van der Waals surface area (Å²) in [5.41, 5.74) is 8.01. The average molecular weight is 544 g/mol. The Morgan fingerprint density at radius 1 is 1.10 bits per heavy atom. The number of nitrogens with one attached hydrogen (secondary N) is 2. The zero-order valence-corrected chi connectivity index (χ0v) is 21.7. The van der Waals surface area contributed by atoms with E-state index in [1.165, 1.54) is 6.07 Å². The summed E-state index contributed by atoms with van der Waals surface area (Å²) in [6, 6.07) is 16.1. The second kappa shape index (κ2) is 10.5. The minimum atomic E-state index is -0.674. The number of nitrogens with zero attached hydrogens (tertiary/aromatic N) is 4. The number of ether oxygens (including phenoxy) is 1. The summed E-state index contributed by atoms with van der Waals surface area (Å²) in [6.45, 7) is 1.72. The highest BCUT2D eigenvalue weighted by Gasteiger charge is 2.26.